The summed E-state index contributed by atoms with van der Waals surface area (Å²) in [5.41, 5.74) is 1.30. The Hall–Kier alpha value is -2.74. The molecule has 8 heteroatoms. The first-order valence-corrected chi connectivity index (χ1v) is 10.2. The number of amides is 3. The van der Waals surface area contributed by atoms with Crippen LogP contribution in [-0.2, 0) is 16.1 Å². The van der Waals surface area contributed by atoms with Gasteiger partial charge in [-0.3, -0.25) is 14.4 Å². The highest BCUT2D eigenvalue weighted by Crippen LogP contribution is 2.25. The molecule has 2 aliphatic rings. The van der Waals surface area contributed by atoms with E-state index in [1.165, 1.54) is 12.1 Å². The van der Waals surface area contributed by atoms with E-state index in [-0.39, 0.29) is 30.1 Å². The summed E-state index contributed by atoms with van der Waals surface area (Å²) in [4.78, 5) is 40.5. The highest BCUT2D eigenvalue weighted by atomic mass is 79.9. The molecule has 0 aliphatic carbocycles. The van der Waals surface area contributed by atoms with Crippen LogP contribution in [0.5, 0.6) is 0 Å². The quantitative estimate of drug-likeness (QED) is 0.763. The number of hydrogen-bond acceptors (Lipinski definition) is 3. The van der Waals surface area contributed by atoms with E-state index in [1.807, 2.05) is 0 Å². The lowest BCUT2D eigenvalue weighted by Crippen LogP contribution is -2.56. The van der Waals surface area contributed by atoms with Crippen LogP contribution in [0.15, 0.2) is 46.9 Å². The Labute approximate surface area is 175 Å². The van der Waals surface area contributed by atoms with Crippen LogP contribution in [0.4, 0.5) is 10.1 Å². The summed E-state index contributed by atoms with van der Waals surface area (Å²) in [6.45, 7) is 1.06. The predicted octanol–water partition coefficient (Wildman–Crippen LogP) is 3.17. The van der Waals surface area contributed by atoms with E-state index in [4.69, 9.17) is 0 Å². The Morgan fingerprint density at radius 2 is 1.93 bits per heavy atom. The number of nitrogens with zero attached hydrogens (tertiary/aromatic N) is 2. The SMILES string of the molecule is O=C(Nc1ccc(Br)cc1F)c1ccc(CN2CC(=O)N3CCCC3C2=O)cc1. The van der Waals surface area contributed by atoms with E-state index < -0.39 is 11.7 Å². The first-order chi connectivity index (χ1) is 13.9. The van der Waals surface area contributed by atoms with E-state index in [2.05, 4.69) is 21.2 Å². The average molecular weight is 460 g/mol. The van der Waals surface area contributed by atoms with Gasteiger partial charge in [-0.1, -0.05) is 28.1 Å². The Bertz CT molecular complexity index is 980. The molecule has 150 valence electrons. The van der Waals surface area contributed by atoms with Crippen molar-refractivity contribution in [1.82, 2.24) is 9.80 Å². The van der Waals surface area contributed by atoms with Gasteiger partial charge in [-0.05, 0) is 48.7 Å². The minimum absolute atomic E-state index is 0.0142. The Kier molecular flexibility index (Phi) is 5.36. The molecule has 0 aromatic heterocycles. The molecule has 2 saturated heterocycles. The van der Waals surface area contributed by atoms with Gasteiger partial charge in [0.2, 0.25) is 11.8 Å². The van der Waals surface area contributed by atoms with Crippen LogP contribution in [0.2, 0.25) is 0 Å². The molecular formula is C21H19BrFN3O3. The van der Waals surface area contributed by atoms with Crippen molar-refractivity contribution in [3.8, 4) is 0 Å². The van der Waals surface area contributed by atoms with Crippen LogP contribution < -0.4 is 5.32 Å². The summed E-state index contributed by atoms with van der Waals surface area (Å²) in [7, 11) is 0. The summed E-state index contributed by atoms with van der Waals surface area (Å²) in [5.74, 6) is -0.989. The molecule has 2 aromatic carbocycles. The monoisotopic (exact) mass is 459 g/mol. The summed E-state index contributed by atoms with van der Waals surface area (Å²) >= 11 is 3.17. The number of hydrogen-bond donors (Lipinski definition) is 1. The Balaban J connectivity index is 1.42. The number of halogens is 2. The number of anilines is 1. The average Bonchev–Trinajstić information content (AvgIpc) is 3.19. The molecule has 1 N–H and O–H groups in total. The van der Waals surface area contributed by atoms with Gasteiger partial charge in [0.15, 0.2) is 0 Å². The fourth-order valence-corrected chi connectivity index (χ4v) is 4.10. The Morgan fingerprint density at radius 1 is 1.17 bits per heavy atom. The molecule has 0 saturated carbocycles. The van der Waals surface area contributed by atoms with Crippen molar-refractivity contribution < 1.29 is 18.8 Å². The lowest BCUT2D eigenvalue weighted by atomic mass is 10.1. The second kappa shape index (κ2) is 7.94. The van der Waals surface area contributed by atoms with Crippen LogP contribution in [0.25, 0.3) is 0 Å². The lowest BCUT2D eigenvalue weighted by Gasteiger charge is -2.36. The summed E-state index contributed by atoms with van der Waals surface area (Å²) in [6, 6.07) is 10.8. The van der Waals surface area contributed by atoms with E-state index in [1.54, 1.807) is 40.1 Å². The van der Waals surface area contributed by atoms with Gasteiger partial charge >= 0.3 is 0 Å². The second-order valence-electron chi connectivity index (χ2n) is 7.21. The maximum Gasteiger partial charge on any atom is 0.255 e. The summed E-state index contributed by atoms with van der Waals surface area (Å²) < 4.78 is 14.5. The van der Waals surface area contributed by atoms with Gasteiger partial charge in [-0.2, -0.15) is 0 Å². The van der Waals surface area contributed by atoms with Crippen LogP contribution in [0.3, 0.4) is 0 Å². The first kappa shape index (κ1) is 19.6. The zero-order valence-electron chi connectivity index (χ0n) is 15.5. The number of piperazine rings is 1. The van der Waals surface area contributed by atoms with Gasteiger partial charge in [0.1, 0.15) is 18.4 Å². The van der Waals surface area contributed by atoms with Crippen molar-refractivity contribution >= 4 is 39.3 Å². The van der Waals surface area contributed by atoms with Gasteiger partial charge in [0.05, 0.1) is 5.69 Å². The van der Waals surface area contributed by atoms with Crippen molar-refractivity contribution in [1.29, 1.82) is 0 Å². The molecule has 2 heterocycles. The summed E-state index contributed by atoms with van der Waals surface area (Å²) in [6.07, 6.45) is 1.57. The number of carbonyl (C=O) groups excluding carboxylic acids is 3. The van der Waals surface area contributed by atoms with E-state index in [9.17, 15) is 18.8 Å². The third-order valence-corrected chi connectivity index (χ3v) is 5.76. The Morgan fingerprint density at radius 3 is 2.66 bits per heavy atom. The third-order valence-electron chi connectivity index (χ3n) is 5.26. The van der Waals surface area contributed by atoms with Crippen molar-refractivity contribution in [3.63, 3.8) is 0 Å². The predicted molar refractivity (Wildman–Crippen MR) is 109 cm³/mol. The van der Waals surface area contributed by atoms with Crippen LogP contribution in [0, 0.1) is 5.82 Å². The second-order valence-corrected chi connectivity index (χ2v) is 8.13. The first-order valence-electron chi connectivity index (χ1n) is 9.36. The van der Waals surface area contributed by atoms with Gasteiger partial charge < -0.3 is 15.1 Å². The zero-order chi connectivity index (χ0) is 20.5. The molecule has 29 heavy (non-hydrogen) atoms. The molecule has 3 amide bonds. The van der Waals surface area contributed by atoms with E-state index in [0.717, 1.165) is 12.0 Å². The van der Waals surface area contributed by atoms with E-state index in [0.29, 0.717) is 29.5 Å². The number of carbonyl (C=O) groups is 3. The van der Waals surface area contributed by atoms with Crippen molar-refractivity contribution in [2.24, 2.45) is 0 Å². The van der Waals surface area contributed by atoms with Crippen molar-refractivity contribution in [3.05, 3.63) is 63.9 Å². The topological polar surface area (TPSA) is 69.7 Å². The molecule has 0 spiro atoms. The van der Waals surface area contributed by atoms with Gasteiger partial charge in [-0.25, -0.2) is 4.39 Å². The maximum absolute atomic E-state index is 13.9. The molecule has 0 radical (unpaired) electrons. The molecule has 2 fully saturated rings. The highest BCUT2D eigenvalue weighted by Gasteiger charge is 2.41. The smallest absolute Gasteiger partial charge is 0.255 e. The fraction of sp³-hybridized carbons (Fsp3) is 0.286. The molecule has 0 bridgehead atoms. The molecular weight excluding hydrogens is 441 g/mol. The summed E-state index contributed by atoms with van der Waals surface area (Å²) in [5, 5.41) is 2.54. The lowest BCUT2D eigenvalue weighted by molar-refractivity contribution is -0.154. The zero-order valence-corrected chi connectivity index (χ0v) is 17.1. The molecule has 1 atom stereocenters. The normalized spacial score (nSPS) is 18.8. The highest BCUT2D eigenvalue weighted by molar-refractivity contribution is 9.10. The third kappa shape index (κ3) is 4.03. The maximum atomic E-state index is 13.9. The number of nitrogens with one attached hydrogen (secondary N) is 1. The number of fused-ring (bicyclic) bond motifs is 1. The molecule has 4 rings (SSSR count). The van der Waals surface area contributed by atoms with Crippen LogP contribution in [-0.4, -0.2) is 46.7 Å². The van der Waals surface area contributed by atoms with Gasteiger partial charge in [0, 0.05) is 23.1 Å². The molecule has 2 aromatic rings. The van der Waals surface area contributed by atoms with Gasteiger partial charge in [-0.15, -0.1) is 0 Å². The molecule has 2 aliphatic heterocycles. The minimum atomic E-state index is -0.529. The van der Waals surface area contributed by atoms with Crippen LogP contribution in [0.1, 0.15) is 28.8 Å². The number of rotatable bonds is 4. The van der Waals surface area contributed by atoms with Gasteiger partial charge in [0.25, 0.3) is 5.91 Å². The fourth-order valence-electron chi connectivity index (χ4n) is 3.77. The molecule has 1 unspecified atom stereocenters. The van der Waals surface area contributed by atoms with Crippen molar-refractivity contribution in [2.75, 3.05) is 18.4 Å². The largest absolute Gasteiger partial charge is 0.329 e. The minimum Gasteiger partial charge on any atom is -0.329 e. The van der Waals surface area contributed by atoms with E-state index >= 15 is 0 Å². The molecule has 6 nitrogen and oxygen atoms in total. The van der Waals surface area contributed by atoms with Crippen LogP contribution >= 0.6 is 15.9 Å². The number of benzene rings is 2. The van der Waals surface area contributed by atoms with Crippen molar-refractivity contribution in [2.45, 2.75) is 25.4 Å². The standard InChI is InChI=1S/C21H19BrFN3O3/c22-15-7-8-17(16(23)10-15)24-20(28)14-5-3-13(4-6-14)11-25-12-19(27)26-9-1-2-18(26)21(25)29/h3-8,10,18H,1-2,9,11-12H2,(H,24,28).